The largest absolute Gasteiger partial charge is 0.399 e. The van der Waals surface area contributed by atoms with E-state index in [0.717, 1.165) is 30.4 Å². The van der Waals surface area contributed by atoms with Gasteiger partial charge in [0.05, 0.1) is 10.6 Å². The monoisotopic (exact) mass is 372 g/mol. The Morgan fingerprint density at radius 3 is 2.54 bits per heavy atom. The Labute approximate surface area is 154 Å². The van der Waals surface area contributed by atoms with E-state index in [1.165, 1.54) is 5.56 Å². The number of aryl methyl sites for hydroxylation is 2. The van der Waals surface area contributed by atoms with Gasteiger partial charge in [0.2, 0.25) is 5.91 Å². The molecule has 0 aromatic heterocycles. The summed E-state index contributed by atoms with van der Waals surface area (Å²) >= 11 is 0. The molecule has 0 unspecified atom stereocenters. The fourth-order valence-corrected chi connectivity index (χ4v) is 4.49. The fraction of sp³-hybridized carbons (Fsp3) is 0.350. The van der Waals surface area contributed by atoms with E-state index in [-0.39, 0.29) is 18.1 Å². The molecule has 1 amide bonds. The second-order valence-electron chi connectivity index (χ2n) is 6.69. The van der Waals surface area contributed by atoms with E-state index in [2.05, 4.69) is 5.32 Å². The molecule has 0 heterocycles. The number of hydrogen-bond acceptors (Lipinski definition) is 4. The summed E-state index contributed by atoms with van der Waals surface area (Å²) in [5, 5.41) is 2.78. The zero-order chi connectivity index (χ0) is 18.6. The molecule has 0 saturated carbocycles. The number of rotatable bonds is 7. The first-order chi connectivity index (χ1) is 12.4. The van der Waals surface area contributed by atoms with Crippen LogP contribution in [0.3, 0.4) is 0 Å². The molecule has 3 N–H and O–H groups in total. The van der Waals surface area contributed by atoms with Crippen molar-refractivity contribution >= 4 is 21.4 Å². The smallest absolute Gasteiger partial charge is 0.221 e. The van der Waals surface area contributed by atoms with Crippen LogP contribution >= 0.6 is 0 Å². The molecule has 1 aliphatic rings. The second-order valence-corrected chi connectivity index (χ2v) is 8.80. The van der Waals surface area contributed by atoms with E-state index in [1.54, 1.807) is 12.1 Å². The average molecular weight is 372 g/mol. The second kappa shape index (κ2) is 7.91. The van der Waals surface area contributed by atoms with Crippen molar-refractivity contribution in [3.05, 3.63) is 59.2 Å². The van der Waals surface area contributed by atoms with Crippen LogP contribution in [0.2, 0.25) is 0 Å². The third kappa shape index (κ3) is 4.64. The third-order valence-electron chi connectivity index (χ3n) is 4.74. The van der Waals surface area contributed by atoms with Gasteiger partial charge in [-0.1, -0.05) is 18.2 Å². The summed E-state index contributed by atoms with van der Waals surface area (Å²) in [7, 11) is -3.43. The van der Waals surface area contributed by atoms with Crippen molar-refractivity contribution in [2.45, 2.75) is 37.0 Å². The van der Waals surface area contributed by atoms with E-state index < -0.39 is 9.84 Å². The zero-order valence-electron chi connectivity index (χ0n) is 14.7. The lowest BCUT2D eigenvalue weighted by molar-refractivity contribution is -0.120. The average Bonchev–Trinajstić information content (AvgIpc) is 3.09. The van der Waals surface area contributed by atoms with Gasteiger partial charge in [-0.3, -0.25) is 4.79 Å². The van der Waals surface area contributed by atoms with Crippen LogP contribution in [0.4, 0.5) is 5.69 Å². The lowest BCUT2D eigenvalue weighted by Crippen LogP contribution is -2.27. The standard InChI is InChI=1S/C20H24N2O3S/c21-18-7-4-15(5-8-18)10-12-22-20(23)11-13-26(24,25)19-9-6-16-2-1-3-17(16)14-19/h4-9,14H,1-3,10-13,21H2,(H,22,23). The summed E-state index contributed by atoms with van der Waals surface area (Å²) in [6.07, 6.45) is 3.69. The maximum atomic E-state index is 12.5. The van der Waals surface area contributed by atoms with E-state index in [9.17, 15) is 13.2 Å². The lowest BCUT2D eigenvalue weighted by atomic mass is 10.1. The summed E-state index contributed by atoms with van der Waals surface area (Å²) in [5.41, 5.74) is 9.78. The molecule has 2 aromatic carbocycles. The number of fused-ring (bicyclic) bond motifs is 1. The van der Waals surface area contributed by atoms with Crippen LogP contribution in [0, 0.1) is 0 Å². The van der Waals surface area contributed by atoms with Crippen LogP contribution in [0.25, 0.3) is 0 Å². The van der Waals surface area contributed by atoms with Crippen LogP contribution in [0.5, 0.6) is 0 Å². The number of nitrogen functional groups attached to an aromatic ring is 1. The number of hydrogen-bond donors (Lipinski definition) is 2. The van der Waals surface area contributed by atoms with Gasteiger partial charge >= 0.3 is 0 Å². The van der Waals surface area contributed by atoms with E-state index in [4.69, 9.17) is 5.73 Å². The Hall–Kier alpha value is -2.34. The van der Waals surface area contributed by atoms with Crippen LogP contribution in [0.1, 0.15) is 29.5 Å². The molecule has 0 atom stereocenters. The first-order valence-electron chi connectivity index (χ1n) is 8.90. The number of amides is 1. The molecule has 0 radical (unpaired) electrons. The number of nitrogens with two attached hydrogens (primary N) is 1. The summed E-state index contributed by atoms with van der Waals surface area (Å²) in [4.78, 5) is 12.3. The molecule has 0 saturated heterocycles. The highest BCUT2D eigenvalue weighted by Crippen LogP contribution is 2.25. The van der Waals surface area contributed by atoms with Gasteiger partial charge in [-0.05, 0) is 66.6 Å². The van der Waals surface area contributed by atoms with Gasteiger partial charge in [0, 0.05) is 18.7 Å². The van der Waals surface area contributed by atoms with Gasteiger partial charge in [-0.2, -0.15) is 0 Å². The van der Waals surface area contributed by atoms with Crippen LogP contribution in [-0.2, 0) is 33.9 Å². The molecule has 3 rings (SSSR count). The van der Waals surface area contributed by atoms with Gasteiger partial charge in [0.1, 0.15) is 0 Å². The molecule has 2 aromatic rings. The predicted octanol–water partition coefficient (Wildman–Crippen LogP) is 2.28. The van der Waals surface area contributed by atoms with E-state index in [1.807, 2.05) is 30.3 Å². The molecular formula is C20H24N2O3S. The molecule has 0 bridgehead atoms. The molecular weight excluding hydrogens is 348 g/mol. The Bertz CT molecular complexity index is 890. The number of nitrogens with one attached hydrogen (secondary N) is 1. The minimum atomic E-state index is -3.43. The van der Waals surface area contributed by atoms with Crippen molar-refractivity contribution in [3.63, 3.8) is 0 Å². The topological polar surface area (TPSA) is 89.3 Å². The molecule has 6 heteroatoms. The predicted molar refractivity (Wildman–Crippen MR) is 103 cm³/mol. The van der Waals surface area contributed by atoms with Gasteiger partial charge in [-0.25, -0.2) is 8.42 Å². The molecule has 0 fully saturated rings. The highest BCUT2D eigenvalue weighted by molar-refractivity contribution is 7.91. The maximum Gasteiger partial charge on any atom is 0.221 e. The minimum absolute atomic E-state index is 0.0266. The number of carbonyl (C=O) groups is 1. The van der Waals surface area contributed by atoms with Crippen LogP contribution in [0.15, 0.2) is 47.4 Å². The molecule has 0 spiro atoms. The van der Waals surface area contributed by atoms with Crippen molar-refractivity contribution in [1.29, 1.82) is 0 Å². The number of sulfone groups is 1. The minimum Gasteiger partial charge on any atom is -0.399 e. The van der Waals surface area contributed by atoms with Gasteiger partial charge in [-0.15, -0.1) is 0 Å². The van der Waals surface area contributed by atoms with Crippen molar-refractivity contribution in [1.82, 2.24) is 5.32 Å². The van der Waals surface area contributed by atoms with Crippen molar-refractivity contribution < 1.29 is 13.2 Å². The van der Waals surface area contributed by atoms with Crippen LogP contribution in [-0.4, -0.2) is 26.6 Å². The van der Waals surface area contributed by atoms with Gasteiger partial charge in [0.25, 0.3) is 0 Å². The normalized spacial score (nSPS) is 13.4. The molecule has 138 valence electrons. The molecule has 26 heavy (non-hydrogen) atoms. The Balaban J connectivity index is 1.48. The number of benzene rings is 2. The highest BCUT2D eigenvalue weighted by atomic mass is 32.2. The van der Waals surface area contributed by atoms with Gasteiger partial charge in [0.15, 0.2) is 9.84 Å². The first-order valence-corrected chi connectivity index (χ1v) is 10.5. The summed E-state index contributed by atoms with van der Waals surface area (Å²) < 4.78 is 24.9. The van der Waals surface area contributed by atoms with E-state index in [0.29, 0.717) is 23.5 Å². The van der Waals surface area contributed by atoms with Crippen LogP contribution < -0.4 is 11.1 Å². The van der Waals surface area contributed by atoms with E-state index >= 15 is 0 Å². The summed E-state index contributed by atoms with van der Waals surface area (Å²) in [5.74, 6) is -0.412. The molecule has 1 aliphatic carbocycles. The van der Waals surface area contributed by atoms with Crippen molar-refractivity contribution in [3.8, 4) is 0 Å². The maximum absolute atomic E-state index is 12.5. The Morgan fingerprint density at radius 2 is 1.77 bits per heavy atom. The number of carbonyl (C=O) groups excluding carboxylic acids is 1. The summed E-state index contributed by atoms with van der Waals surface area (Å²) in [6.45, 7) is 0.474. The molecule has 0 aliphatic heterocycles. The first kappa shape index (κ1) is 18.5. The van der Waals surface area contributed by atoms with Gasteiger partial charge < -0.3 is 11.1 Å². The fourth-order valence-electron chi connectivity index (χ4n) is 3.21. The Morgan fingerprint density at radius 1 is 1.04 bits per heavy atom. The lowest BCUT2D eigenvalue weighted by Gasteiger charge is -2.08. The zero-order valence-corrected chi connectivity index (χ0v) is 15.5. The SMILES string of the molecule is Nc1ccc(CCNC(=O)CCS(=O)(=O)c2ccc3c(c2)CCC3)cc1. The van der Waals surface area contributed by atoms with Crippen molar-refractivity contribution in [2.75, 3.05) is 18.0 Å². The van der Waals surface area contributed by atoms with Crippen molar-refractivity contribution in [2.24, 2.45) is 0 Å². The highest BCUT2D eigenvalue weighted by Gasteiger charge is 2.19. The number of anilines is 1. The Kier molecular flexibility index (Phi) is 5.61. The quantitative estimate of drug-likeness (QED) is 0.730. The molecule has 5 nitrogen and oxygen atoms in total. The summed E-state index contributed by atoms with van der Waals surface area (Å²) in [6, 6.07) is 12.8. The third-order valence-corrected chi connectivity index (χ3v) is 6.46.